The second-order valence-corrected chi connectivity index (χ2v) is 12.2. The smallest absolute Gasteiger partial charge is 0.248 e. The van der Waals surface area contributed by atoms with Crippen molar-refractivity contribution < 1.29 is 31.1 Å². The summed E-state index contributed by atoms with van der Waals surface area (Å²) in [5.74, 6) is -2.61. The Labute approximate surface area is 215 Å². The van der Waals surface area contributed by atoms with Crippen molar-refractivity contribution in [1.82, 2.24) is 9.21 Å². The normalized spacial score (nSPS) is 24.0. The van der Waals surface area contributed by atoms with Crippen molar-refractivity contribution in [3.05, 3.63) is 59.2 Å². The van der Waals surface area contributed by atoms with Gasteiger partial charge in [-0.3, -0.25) is 4.79 Å². The first-order valence-electron chi connectivity index (χ1n) is 12.7. The highest BCUT2D eigenvalue weighted by Gasteiger charge is 2.47. The third-order valence-electron chi connectivity index (χ3n) is 7.64. The Kier molecular flexibility index (Phi) is 7.00. The van der Waals surface area contributed by atoms with Crippen LogP contribution in [0.2, 0.25) is 0 Å². The number of rotatable bonds is 6. The summed E-state index contributed by atoms with van der Waals surface area (Å²) in [4.78, 5) is 15.4. The number of hydrogen-bond donors (Lipinski definition) is 0. The molecule has 0 radical (unpaired) electrons. The monoisotopic (exact) mass is 536 g/mol. The summed E-state index contributed by atoms with van der Waals surface area (Å²) in [6, 6.07) is 10.1. The largest absolute Gasteiger partial charge is 0.493 e. The molecule has 10 heteroatoms. The SMILES string of the molecule is Cc1ccc(S(=O)(=O)N2CC(F)CC2C(=O)N(Cc2ccc3c(c2)OCC3)C2CCC(F)(F)CC2)cc1. The third-order valence-corrected chi connectivity index (χ3v) is 9.53. The van der Waals surface area contributed by atoms with Crippen LogP contribution in [0.1, 0.15) is 48.8 Å². The number of amides is 1. The van der Waals surface area contributed by atoms with Crippen LogP contribution in [0.3, 0.4) is 0 Å². The molecule has 1 saturated carbocycles. The zero-order chi connectivity index (χ0) is 26.4. The summed E-state index contributed by atoms with van der Waals surface area (Å²) in [6.45, 7) is 2.09. The Morgan fingerprint density at radius 2 is 1.84 bits per heavy atom. The van der Waals surface area contributed by atoms with Gasteiger partial charge in [0.25, 0.3) is 0 Å². The number of halogens is 3. The molecule has 200 valence electrons. The van der Waals surface area contributed by atoms with Gasteiger partial charge >= 0.3 is 0 Å². The number of carbonyl (C=O) groups is 1. The highest BCUT2D eigenvalue weighted by molar-refractivity contribution is 7.89. The Bertz CT molecular complexity index is 1260. The first-order valence-corrected chi connectivity index (χ1v) is 14.1. The molecular weight excluding hydrogens is 505 g/mol. The molecule has 1 saturated heterocycles. The molecule has 1 amide bonds. The molecule has 2 aromatic rings. The zero-order valence-electron chi connectivity index (χ0n) is 20.7. The summed E-state index contributed by atoms with van der Waals surface area (Å²) in [6.07, 6.45) is -1.49. The molecule has 0 bridgehead atoms. The quantitative estimate of drug-likeness (QED) is 0.540. The van der Waals surface area contributed by atoms with Crippen LogP contribution in [-0.4, -0.2) is 60.9 Å². The van der Waals surface area contributed by atoms with Crippen molar-refractivity contribution in [2.75, 3.05) is 13.2 Å². The van der Waals surface area contributed by atoms with Crippen molar-refractivity contribution in [3.63, 3.8) is 0 Å². The topological polar surface area (TPSA) is 66.9 Å². The van der Waals surface area contributed by atoms with Gasteiger partial charge in [0.2, 0.25) is 21.9 Å². The summed E-state index contributed by atoms with van der Waals surface area (Å²) in [5.41, 5.74) is 2.69. The predicted molar refractivity (Wildman–Crippen MR) is 132 cm³/mol. The van der Waals surface area contributed by atoms with Crippen LogP contribution in [-0.2, 0) is 27.8 Å². The summed E-state index contributed by atoms with van der Waals surface area (Å²) in [7, 11) is -4.14. The van der Waals surface area contributed by atoms with Crippen molar-refractivity contribution >= 4 is 15.9 Å². The number of ether oxygens (including phenoxy) is 1. The second kappa shape index (κ2) is 9.94. The maximum atomic E-state index is 14.7. The average Bonchev–Trinajstić information content (AvgIpc) is 3.49. The van der Waals surface area contributed by atoms with E-state index >= 15 is 0 Å². The van der Waals surface area contributed by atoms with E-state index in [1.807, 2.05) is 25.1 Å². The van der Waals surface area contributed by atoms with Gasteiger partial charge in [-0.05, 0) is 49.1 Å². The molecule has 2 unspecified atom stereocenters. The Morgan fingerprint density at radius 1 is 1.14 bits per heavy atom. The van der Waals surface area contributed by atoms with E-state index in [4.69, 9.17) is 4.74 Å². The van der Waals surface area contributed by atoms with E-state index in [-0.39, 0.29) is 43.5 Å². The van der Waals surface area contributed by atoms with Crippen molar-refractivity contribution in [1.29, 1.82) is 0 Å². The van der Waals surface area contributed by atoms with E-state index < -0.39 is 46.7 Å². The molecule has 5 rings (SSSR count). The second-order valence-electron chi connectivity index (χ2n) is 10.3. The molecule has 0 spiro atoms. The first-order chi connectivity index (χ1) is 17.5. The van der Waals surface area contributed by atoms with Gasteiger partial charge in [0.05, 0.1) is 11.5 Å². The summed E-state index contributed by atoms with van der Waals surface area (Å²) >= 11 is 0. The average molecular weight is 537 g/mol. The minimum Gasteiger partial charge on any atom is -0.493 e. The van der Waals surface area contributed by atoms with Gasteiger partial charge in [-0.2, -0.15) is 4.31 Å². The molecule has 37 heavy (non-hydrogen) atoms. The number of benzene rings is 2. The van der Waals surface area contributed by atoms with Crippen molar-refractivity contribution in [3.8, 4) is 5.75 Å². The van der Waals surface area contributed by atoms with Crippen LogP contribution in [0.4, 0.5) is 13.2 Å². The lowest BCUT2D eigenvalue weighted by Crippen LogP contribution is -2.52. The lowest BCUT2D eigenvalue weighted by atomic mass is 9.90. The number of hydrogen-bond acceptors (Lipinski definition) is 4. The van der Waals surface area contributed by atoms with Crippen LogP contribution in [0.25, 0.3) is 0 Å². The first kappa shape index (κ1) is 26.0. The fraction of sp³-hybridized carbons (Fsp3) is 0.519. The Morgan fingerprint density at radius 3 is 2.54 bits per heavy atom. The van der Waals surface area contributed by atoms with Crippen LogP contribution < -0.4 is 4.74 Å². The van der Waals surface area contributed by atoms with E-state index in [0.29, 0.717) is 6.61 Å². The zero-order valence-corrected chi connectivity index (χ0v) is 21.5. The fourth-order valence-corrected chi connectivity index (χ4v) is 7.13. The molecule has 2 heterocycles. The van der Waals surface area contributed by atoms with Crippen LogP contribution in [0.15, 0.2) is 47.4 Å². The highest BCUT2D eigenvalue weighted by Crippen LogP contribution is 2.38. The molecular formula is C27H31F3N2O4S. The molecule has 2 fully saturated rings. The summed E-state index contributed by atoms with van der Waals surface area (Å²) < 4.78 is 76.1. The number of alkyl halides is 3. The van der Waals surface area contributed by atoms with Crippen LogP contribution in [0, 0.1) is 6.92 Å². The Hall–Kier alpha value is -2.59. The molecule has 2 atom stereocenters. The molecule has 6 nitrogen and oxygen atoms in total. The van der Waals surface area contributed by atoms with E-state index in [0.717, 1.165) is 33.2 Å². The van der Waals surface area contributed by atoms with Gasteiger partial charge in [-0.25, -0.2) is 21.6 Å². The van der Waals surface area contributed by atoms with Gasteiger partial charge in [0, 0.05) is 44.8 Å². The lowest BCUT2D eigenvalue weighted by molar-refractivity contribution is -0.141. The van der Waals surface area contributed by atoms with Crippen LogP contribution in [0.5, 0.6) is 5.75 Å². The van der Waals surface area contributed by atoms with Crippen molar-refractivity contribution in [2.45, 2.75) is 81.1 Å². The molecule has 1 aliphatic carbocycles. The van der Waals surface area contributed by atoms with E-state index in [1.165, 1.54) is 17.0 Å². The molecule has 3 aliphatic rings. The van der Waals surface area contributed by atoms with Gasteiger partial charge in [0.1, 0.15) is 18.0 Å². The van der Waals surface area contributed by atoms with E-state index in [1.54, 1.807) is 12.1 Å². The number of fused-ring (bicyclic) bond motifs is 1. The number of nitrogens with zero attached hydrogens (tertiary/aromatic N) is 2. The number of carbonyl (C=O) groups excluding carboxylic acids is 1. The van der Waals surface area contributed by atoms with E-state index in [2.05, 4.69) is 0 Å². The lowest BCUT2D eigenvalue weighted by Gasteiger charge is -2.39. The van der Waals surface area contributed by atoms with Gasteiger partial charge in [0.15, 0.2) is 0 Å². The number of sulfonamides is 1. The van der Waals surface area contributed by atoms with Gasteiger partial charge in [-0.15, -0.1) is 0 Å². The maximum Gasteiger partial charge on any atom is 0.248 e. The third kappa shape index (κ3) is 5.36. The highest BCUT2D eigenvalue weighted by atomic mass is 32.2. The number of aryl methyl sites for hydroxylation is 1. The van der Waals surface area contributed by atoms with Gasteiger partial charge < -0.3 is 9.64 Å². The predicted octanol–water partition coefficient (Wildman–Crippen LogP) is 4.64. The van der Waals surface area contributed by atoms with Gasteiger partial charge in [-0.1, -0.05) is 29.8 Å². The fourth-order valence-electron chi connectivity index (χ4n) is 5.51. The van der Waals surface area contributed by atoms with Crippen LogP contribution >= 0.6 is 0 Å². The minimum absolute atomic E-state index is 0.00960. The molecule has 2 aliphatic heterocycles. The van der Waals surface area contributed by atoms with Crippen molar-refractivity contribution in [2.24, 2.45) is 0 Å². The van der Waals surface area contributed by atoms with E-state index in [9.17, 15) is 26.4 Å². The standard InChI is InChI=1S/C27H31F3N2O4S/c1-18-2-6-23(7-3-18)37(34,35)32-17-21(28)15-24(32)26(33)31(22-8-11-27(29,30)12-9-22)16-19-4-5-20-10-13-36-25(20)14-19/h2-7,14,21-22,24H,8-13,15-17H2,1H3. The molecule has 0 aromatic heterocycles. The summed E-state index contributed by atoms with van der Waals surface area (Å²) in [5, 5.41) is 0. The minimum atomic E-state index is -4.14. The Balaban J connectivity index is 1.45. The molecule has 0 N–H and O–H groups in total. The molecule has 2 aromatic carbocycles. The maximum absolute atomic E-state index is 14.7.